The van der Waals surface area contributed by atoms with Crippen molar-refractivity contribution in [1.82, 2.24) is 20.2 Å². The van der Waals surface area contributed by atoms with E-state index in [2.05, 4.69) is 41.0 Å². The summed E-state index contributed by atoms with van der Waals surface area (Å²) in [6.45, 7) is 10.8. The van der Waals surface area contributed by atoms with Gasteiger partial charge >= 0.3 is 0 Å². The minimum Gasteiger partial charge on any atom is -0.361 e. The lowest BCUT2D eigenvalue weighted by Crippen LogP contribution is -2.22. The van der Waals surface area contributed by atoms with Crippen LogP contribution in [0.3, 0.4) is 0 Å². The Morgan fingerprint density at radius 2 is 1.95 bits per heavy atom. The minimum atomic E-state index is -0.108. The van der Waals surface area contributed by atoms with E-state index in [1.807, 2.05) is 27.0 Å². The summed E-state index contributed by atoms with van der Waals surface area (Å²) in [5.41, 5.74) is 0.788. The molecular formula is C14H22N4O2. The maximum Gasteiger partial charge on any atom is 0.243 e. The van der Waals surface area contributed by atoms with E-state index in [0.717, 1.165) is 17.3 Å². The Labute approximate surface area is 119 Å². The molecule has 0 aliphatic heterocycles. The van der Waals surface area contributed by atoms with Gasteiger partial charge in [-0.15, -0.1) is 0 Å². The van der Waals surface area contributed by atoms with Gasteiger partial charge in [-0.2, -0.15) is 4.98 Å². The van der Waals surface area contributed by atoms with Crippen LogP contribution in [0.1, 0.15) is 56.9 Å². The second-order valence-corrected chi connectivity index (χ2v) is 6.23. The Kier molecular flexibility index (Phi) is 3.94. The first-order valence-electron chi connectivity index (χ1n) is 6.74. The number of aromatic nitrogens is 3. The Bertz CT molecular complexity index is 568. The molecule has 0 saturated carbocycles. The first kappa shape index (κ1) is 14.7. The van der Waals surface area contributed by atoms with Gasteiger partial charge in [-0.05, 0) is 20.9 Å². The summed E-state index contributed by atoms with van der Waals surface area (Å²) in [5.74, 6) is 2.16. The van der Waals surface area contributed by atoms with Crippen molar-refractivity contribution in [3.05, 3.63) is 29.2 Å². The zero-order chi connectivity index (χ0) is 14.9. The highest BCUT2D eigenvalue weighted by molar-refractivity contribution is 5.05. The predicted molar refractivity (Wildman–Crippen MR) is 74.1 cm³/mol. The first-order valence-corrected chi connectivity index (χ1v) is 6.74. The fraction of sp³-hybridized carbons (Fsp3) is 0.643. The van der Waals surface area contributed by atoms with Gasteiger partial charge in [-0.25, -0.2) is 0 Å². The first-order chi connectivity index (χ1) is 9.27. The molecule has 0 N–H and O–H groups in total. The molecular weight excluding hydrogens is 256 g/mol. The van der Waals surface area contributed by atoms with Gasteiger partial charge in [-0.3, -0.25) is 4.90 Å². The van der Waals surface area contributed by atoms with Crippen molar-refractivity contribution in [2.24, 2.45) is 0 Å². The molecule has 2 aromatic rings. The van der Waals surface area contributed by atoms with Crippen molar-refractivity contribution < 1.29 is 9.05 Å². The van der Waals surface area contributed by atoms with Gasteiger partial charge in [0.2, 0.25) is 5.89 Å². The van der Waals surface area contributed by atoms with E-state index in [-0.39, 0.29) is 11.5 Å². The monoisotopic (exact) mass is 278 g/mol. The van der Waals surface area contributed by atoms with Crippen molar-refractivity contribution in [3.63, 3.8) is 0 Å². The van der Waals surface area contributed by atoms with Crippen LogP contribution in [-0.2, 0) is 12.0 Å². The standard InChI is InChI=1S/C14H22N4O2/c1-9-7-11(16-19-9)8-18(6)10(2)12-15-13(17-20-12)14(3,4)5/h7,10H,8H2,1-6H3. The molecule has 110 valence electrons. The Balaban J connectivity index is 2.06. The molecule has 2 rings (SSSR count). The van der Waals surface area contributed by atoms with Crippen LogP contribution in [0.25, 0.3) is 0 Å². The zero-order valence-corrected chi connectivity index (χ0v) is 13.0. The van der Waals surface area contributed by atoms with Crippen LogP contribution in [0.5, 0.6) is 0 Å². The van der Waals surface area contributed by atoms with E-state index in [1.165, 1.54) is 0 Å². The van der Waals surface area contributed by atoms with Crippen LogP contribution in [0.2, 0.25) is 0 Å². The highest BCUT2D eigenvalue weighted by Gasteiger charge is 2.25. The normalized spacial score (nSPS) is 13.9. The lowest BCUT2D eigenvalue weighted by atomic mass is 9.96. The molecule has 2 heterocycles. The number of aryl methyl sites for hydroxylation is 1. The quantitative estimate of drug-likeness (QED) is 0.856. The summed E-state index contributed by atoms with van der Waals surface area (Å²) in [6, 6.07) is 1.95. The summed E-state index contributed by atoms with van der Waals surface area (Å²) >= 11 is 0. The topological polar surface area (TPSA) is 68.2 Å². The maximum absolute atomic E-state index is 5.37. The third kappa shape index (κ3) is 3.25. The fourth-order valence-corrected chi connectivity index (χ4v) is 1.78. The number of hydrogen-bond donors (Lipinski definition) is 0. The van der Waals surface area contributed by atoms with Crippen molar-refractivity contribution >= 4 is 0 Å². The third-order valence-corrected chi connectivity index (χ3v) is 3.22. The average Bonchev–Trinajstić information content (AvgIpc) is 2.96. The van der Waals surface area contributed by atoms with E-state index in [4.69, 9.17) is 9.05 Å². The van der Waals surface area contributed by atoms with Gasteiger partial charge in [0.05, 0.1) is 11.7 Å². The molecule has 0 saturated heterocycles. The second kappa shape index (κ2) is 5.36. The molecule has 0 aliphatic carbocycles. The van der Waals surface area contributed by atoms with Gasteiger partial charge in [0.25, 0.3) is 0 Å². The average molecular weight is 278 g/mol. The van der Waals surface area contributed by atoms with E-state index in [1.54, 1.807) is 0 Å². The third-order valence-electron chi connectivity index (χ3n) is 3.22. The maximum atomic E-state index is 5.37. The molecule has 2 aromatic heterocycles. The highest BCUT2D eigenvalue weighted by atomic mass is 16.5. The van der Waals surface area contributed by atoms with Crippen molar-refractivity contribution in [3.8, 4) is 0 Å². The highest BCUT2D eigenvalue weighted by Crippen LogP contribution is 2.23. The van der Waals surface area contributed by atoms with Crippen molar-refractivity contribution in [2.75, 3.05) is 7.05 Å². The van der Waals surface area contributed by atoms with E-state index in [9.17, 15) is 0 Å². The SMILES string of the molecule is Cc1cc(CN(C)C(C)c2nc(C(C)(C)C)no2)no1. The molecule has 0 fully saturated rings. The minimum absolute atomic E-state index is 0.0237. The smallest absolute Gasteiger partial charge is 0.243 e. The zero-order valence-electron chi connectivity index (χ0n) is 13.0. The molecule has 20 heavy (non-hydrogen) atoms. The van der Waals surface area contributed by atoms with Crippen LogP contribution in [0.15, 0.2) is 15.1 Å². The molecule has 0 spiro atoms. The second-order valence-electron chi connectivity index (χ2n) is 6.23. The number of hydrogen-bond acceptors (Lipinski definition) is 6. The van der Waals surface area contributed by atoms with Crippen LogP contribution in [0, 0.1) is 6.92 Å². The van der Waals surface area contributed by atoms with Gasteiger partial charge in [0.15, 0.2) is 5.82 Å². The molecule has 6 heteroatoms. The van der Waals surface area contributed by atoms with Crippen LogP contribution >= 0.6 is 0 Å². The van der Waals surface area contributed by atoms with E-state index in [0.29, 0.717) is 12.4 Å². The predicted octanol–water partition coefficient (Wildman–Crippen LogP) is 2.86. The Morgan fingerprint density at radius 3 is 2.45 bits per heavy atom. The molecule has 6 nitrogen and oxygen atoms in total. The summed E-state index contributed by atoms with van der Waals surface area (Å²) in [6.07, 6.45) is 0. The molecule has 1 unspecified atom stereocenters. The summed E-state index contributed by atoms with van der Waals surface area (Å²) in [5, 5.41) is 8.05. The lowest BCUT2D eigenvalue weighted by Gasteiger charge is -2.20. The van der Waals surface area contributed by atoms with Gasteiger partial charge in [0, 0.05) is 18.0 Å². The fourth-order valence-electron chi connectivity index (χ4n) is 1.78. The Hall–Kier alpha value is -1.69. The van der Waals surface area contributed by atoms with Gasteiger partial charge in [0.1, 0.15) is 5.76 Å². The van der Waals surface area contributed by atoms with Crippen LogP contribution in [0.4, 0.5) is 0 Å². The van der Waals surface area contributed by atoms with Crippen LogP contribution < -0.4 is 0 Å². The molecule has 0 aliphatic rings. The summed E-state index contributed by atoms with van der Waals surface area (Å²) in [4.78, 5) is 6.58. The van der Waals surface area contributed by atoms with Gasteiger partial charge < -0.3 is 9.05 Å². The van der Waals surface area contributed by atoms with Crippen LogP contribution in [-0.4, -0.2) is 27.2 Å². The summed E-state index contributed by atoms with van der Waals surface area (Å²) < 4.78 is 10.4. The number of nitrogens with zero attached hydrogens (tertiary/aromatic N) is 4. The molecule has 0 aromatic carbocycles. The van der Waals surface area contributed by atoms with E-state index < -0.39 is 0 Å². The van der Waals surface area contributed by atoms with Crippen molar-refractivity contribution in [1.29, 1.82) is 0 Å². The Morgan fingerprint density at radius 1 is 1.25 bits per heavy atom. The lowest BCUT2D eigenvalue weighted by molar-refractivity contribution is 0.197. The van der Waals surface area contributed by atoms with Crippen molar-refractivity contribution in [2.45, 2.75) is 52.6 Å². The van der Waals surface area contributed by atoms with E-state index >= 15 is 0 Å². The molecule has 0 bridgehead atoms. The molecule has 1 atom stereocenters. The summed E-state index contributed by atoms with van der Waals surface area (Å²) in [7, 11) is 2.00. The largest absolute Gasteiger partial charge is 0.361 e. The van der Waals surface area contributed by atoms with Gasteiger partial charge in [-0.1, -0.05) is 31.1 Å². The number of rotatable bonds is 4. The molecule has 0 amide bonds. The molecule has 0 radical (unpaired) electrons.